The molecule has 0 spiro atoms. The summed E-state index contributed by atoms with van der Waals surface area (Å²) in [5.74, 6) is 1.73. The van der Waals surface area contributed by atoms with E-state index < -0.39 is 0 Å². The quantitative estimate of drug-likeness (QED) is 0.368. The first-order chi connectivity index (χ1) is 14.0. The molecule has 0 radical (unpaired) electrons. The van der Waals surface area contributed by atoms with Crippen LogP contribution in [0.1, 0.15) is 31.9 Å². The van der Waals surface area contributed by atoms with E-state index in [0.29, 0.717) is 12.0 Å². The van der Waals surface area contributed by atoms with Gasteiger partial charge in [0.1, 0.15) is 12.4 Å². The minimum absolute atomic E-state index is 0.0132. The number of aryl methyl sites for hydroxylation is 1. The SMILES string of the molecule is CCOCCCNC(=NCC(=O)N(C)C)NC1CCN(c2cccc(C)n2)CC1. The Morgan fingerprint density at radius 2 is 2.10 bits per heavy atom. The van der Waals surface area contributed by atoms with Crippen molar-refractivity contribution in [3.05, 3.63) is 23.9 Å². The number of piperidine rings is 1. The van der Waals surface area contributed by atoms with Gasteiger partial charge in [0.15, 0.2) is 5.96 Å². The Morgan fingerprint density at radius 1 is 1.34 bits per heavy atom. The van der Waals surface area contributed by atoms with Crippen molar-refractivity contribution >= 4 is 17.7 Å². The number of nitrogens with one attached hydrogen (secondary N) is 2. The molecule has 0 unspecified atom stereocenters. The Bertz CT molecular complexity index is 656. The van der Waals surface area contributed by atoms with Gasteiger partial charge in [-0.3, -0.25) is 4.79 Å². The number of nitrogens with zero attached hydrogens (tertiary/aromatic N) is 4. The highest BCUT2D eigenvalue weighted by molar-refractivity contribution is 5.84. The van der Waals surface area contributed by atoms with E-state index in [1.54, 1.807) is 19.0 Å². The third-order valence-corrected chi connectivity index (χ3v) is 4.87. The topological polar surface area (TPSA) is 82.1 Å². The molecule has 1 amide bonds. The van der Waals surface area contributed by atoms with Gasteiger partial charge in [0.05, 0.1) is 0 Å². The van der Waals surface area contributed by atoms with E-state index in [2.05, 4.69) is 37.6 Å². The summed E-state index contributed by atoms with van der Waals surface area (Å²) < 4.78 is 5.38. The standard InChI is InChI=1S/C21H36N6O2/c1-5-29-15-7-12-22-21(23-16-20(28)26(3)4)25-18-10-13-27(14-11-18)19-9-6-8-17(2)24-19/h6,8-9,18H,5,7,10-16H2,1-4H3,(H2,22,23,25). The number of ether oxygens (including phenoxy) is 1. The zero-order valence-electron chi connectivity index (χ0n) is 18.3. The van der Waals surface area contributed by atoms with Crippen molar-refractivity contribution in [1.82, 2.24) is 20.5 Å². The second kappa shape index (κ2) is 12.3. The zero-order chi connectivity index (χ0) is 21.1. The number of rotatable bonds is 9. The molecular formula is C21H36N6O2. The Kier molecular flexibility index (Phi) is 9.70. The summed E-state index contributed by atoms with van der Waals surface area (Å²) in [5.41, 5.74) is 1.04. The van der Waals surface area contributed by atoms with Gasteiger partial charge in [-0.1, -0.05) is 6.07 Å². The lowest BCUT2D eigenvalue weighted by Crippen LogP contribution is -2.49. The molecule has 8 heteroatoms. The van der Waals surface area contributed by atoms with Gasteiger partial charge in [0, 0.05) is 58.7 Å². The molecule has 8 nitrogen and oxygen atoms in total. The van der Waals surface area contributed by atoms with E-state index in [9.17, 15) is 4.79 Å². The number of likely N-dealkylation sites (N-methyl/N-ethyl adjacent to an activating group) is 1. The molecule has 2 heterocycles. The predicted octanol–water partition coefficient (Wildman–Crippen LogP) is 1.41. The summed E-state index contributed by atoms with van der Waals surface area (Å²) in [6, 6.07) is 6.47. The summed E-state index contributed by atoms with van der Waals surface area (Å²) >= 11 is 0. The van der Waals surface area contributed by atoms with Crippen LogP contribution in [-0.4, -0.2) is 81.3 Å². The molecule has 0 atom stereocenters. The average Bonchev–Trinajstić information content (AvgIpc) is 2.71. The molecule has 1 aromatic rings. The van der Waals surface area contributed by atoms with Crippen molar-refractivity contribution in [2.75, 3.05) is 58.4 Å². The van der Waals surface area contributed by atoms with Crippen molar-refractivity contribution in [3.63, 3.8) is 0 Å². The number of aromatic nitrogens is 1. The maximum atomic E-state index is 11.9. The second-order valence-corrected chi connectivity index (χ2v) is 7.47. The summed E-state index contributed by atoms with van der Waals surface area (Å²) in [4.78, 5) is 24.9. The molecule has 2 rings (SSSR count). The first-order valence-electron chi connectivity index (χ1n) is 10.5. The zero-order valence-corrected chi connectivity index (χ0v) is 18.3. The summed E-state index contributed by atoms with van der Waals surface area (Å²) in [6.07, 6.45) is 2.89. The highest BCUT2D eigenvalue weighted by Gasteiger charge is 2.21. The maximum absolute atomic E-state index is 11.9. The van der Waals surface area contributed by atoms with E-state index in [1.807, 2.05) is 19.9 Å². The normalized spacial score (nSPS) is 15.3. The van der Waals surface area contributed by atoms with Gasteiger partial charge in [-0.05, 0) is 45.2 Å². The molecule has 2 N–H and O–H groups in total. The molecule has 0 saturated carbocycles. The Labute approximate surface area is 174 Å². The molecule has 1 saturated heterocycles. The number of amides is 1. The lowest BCUT2D eigenvalue weighted by Gasteiger charge is -2.34. The van der Waals surface area contributed by atoms with Gasteiger partial charge in [0.25, 0.3) is 0 Å². The van der Waals surface area contributed by atoms with Crippen LogP contribution in [0.2, 0.25) is 0 Å². The van der Waals surface area contributed by atoms with E-state index in [0.717, 1.165) is 63.6 Å². The van der Waals surface area contributed by atoms with Crippen LogP contribution in [0.3, 0.4) is 0 Å². The van der Waals surface area contributed by atoms with Gasteiger partial charge in [-0.25, -0.2) is 9.98 Å². The van der Waals surface area contributed by atoms with Crippen molar-refractivity contribution in [1.29, 1.82) is 0 Å². The number of carbonyl (C=O) groups excluding carboxylic acids is 1. The fourth-order valence-electron chi connectivity index (χ4n) is 3.12. The number of carbonyl (C=O) groups is 1. The lowest BCUT2D eigenvalue weighted by molar-refractivity contribution is -0.127. The van der Waals surface area contributed by atoms with E-state index in [-0.39, 0.29) is 12.5 Å². The van der Waals surface area contributed by atoms with Gasteiger partial charge in [0.2, 0.25) is 5.91 Å². The molecule has 162 valence electrons. The van der Waals surface area contributed by atoms with Crippen molar-refractivity contribution < 1.29 is 9.53 Å². The fourth-order valence-corrected chi connectivity index (χ4v) is 3.12. The van der Waals surface area contributed by atoms with E-state index in [4.69, 9.17) is 4.74 Å². The smallest absolute Gasteiger partial charge is 0.243 e. The molecular weight excluding hydrogens is 368 g/mol. The second-order valence-electron chi connectivity index (χ2n) is 7.47. The molecule has 29 heavy (non-hydrogen) atoms. The van der Waals surface area contributed by atoms with Crippen LogP contribution in [-0.2, 0) is 9.53 Å². The third kappa shape index (κ3) is 8.27. The van der Waals surface area contributed by atoms with Crippen LogP contribution >= 0.6 is 0 Å². The average molecular weight is 405 g/mol. The van der Waals surface area contributed by atoms with Crippen molar-refractivity contribution in [2.45, 2.75) is 39.2 Å². The molecule has 1 aromatic heterocycles. The van der Waals surface area contributed by atoms with Crippen LogP contribution < -0.4 is 15.5 Å². The number of aliphatic imine (C=N–C) groups is 1. The van der Waals surface area contributed by atoms with Crippen LogP contribution in [0.4, 0.5) is 5.82 Å². The van der Waals surface area contributed by atoms with Gasteiger partial charge in [-0.2, -0.15) is 0 Å². The van der Waals surface area contributed by atoms with Crippen LogP contribution in [0, 0.1) is 6.92 Å². The third-order valence-electron chi connectivity index (χ3n) is 4.87. The molecule has 1 aliphatic rings. The highest BCUT2D eigenvalue weighted by atomic mass is 16.5. The van der Waals surface area contributed by atoms with Crippen molar-refractivity contribution in [3.8, 4) is 0 Å². The fraction of sp³-hybridized carbons (Fsp3) is 0.667. The lowest BCUT2D eigenvalue weighted by atomic mass is 10.1. The summed E-state index contributed by atoms with van der Waals surface area (Å²) in [6.45, 7) is 8.25. The predicted molar refractivity (Wildman–Crippen MR) is 117 cm³/mol. The first-order valence-corrected chi connectivity index (χ1v) is 10.5. The molecule has 0 bridgehead atoms. The number of pyridine rings is 1. The highest BCUT2D eigenvalue weighted by Crippen LogP contribution is 2.18. The minimum Gasteiger partial charge on any atom is -0.382 e. The van der Waals surface area contributed by atoms with E-state index >= 15 is 0 Å². The van der Waals surface area contributed by atoms with Gasteiger partial charge >= 0.3 is 0 Å². The van der Waals surface area contributed by atoms with Crippen LogP contribution in [0.15, 0.2) is 23.2 Å². The number of hydrogen-bond acceptors (Lipinski definition) is 5. The van der Waals surface area contributed by atoms with E-state index in [1.165, 1.54) is 0 Å². The molecule has 1 fully saturated rings. The Hall–Kier alpha value is -2.35. The maximum Gasteiger partial charge on any atom is 0.243 e. The summed E-state index contributed by atoms with van der Waals surface area (Å²) in [7, 11) is 3.49. The molecule has 1 aliphatic heterocycles. The number of hydrogen-bond donors (Lipinski definition) is 2. The van der Waals surface area contributed by atoms with Crippen LogP contribution in [0.5, 0.6) is 0 Å². The number of anilines is 1. The van der Waals surface area contributed by atoms with Gasteiger partial charge in [-0.15, -0.1) is 0 Å². The van der Waals surface area contributed by atoms with Gasteiger partial charge < -0.3 is 25.2 Å². The summed E-state index contributed by atoms with van der Waals surface area (Å²) in [5, 5.41) is 6.84. The van der Waals surface area contributed by atoms with Crippen LogP contribution in [0.25, 0.3) is 0 Å². The molecule has 0 aromatic carbocycles. The number of guanidine groups is 1. The Morgan fingerprint density at radius 3 is 2.76 bits per heavy atom. The Balaban J connectivity index is 1.87. The minimum atomic E-state index is -0.0132. The monoisotopic (exact) mass is 404 g/mol. The first kappa shape index (κ1) is 22.9. The van der Waals surface area contributed by atoms with Crippen molar-refractivity contribution in [2.24, 2.45) is 4.99 Å². The molecule has 0 aliphatic carbocycles. The largest absolute Gasteiger partial charge is 0.382 e.